The minimum atomic E-state index is -0.422. The fraction of sp³-hybridized carbons (Fsp3) is 0.105. The summed E-state index contributed by atoms with van der Waals surface area (Å²) in [6.07, 6.45) is 1.53. The molecule has 7 heteroatoms. The van der Waals surface area contributed by atoms with E-state index < -0.39 is 11.8 Å². The van der Waals surface area contributed by atoms with E-state index in [1.54, 1.807) is 55.5 Å². The maximum atomic E-state index is 13.8. The standard InChI is InChI=1S/C19H17FN4O2/c1-2-26-18(25)13-7-3-5-9-15(13)22-17-11-12-21-19(24-17)23-16-10-6-4-8-14(16)20/h3-12H,2H2,1H3,(H2,21,22,23,24). The van der Waals surface area contributed by atoms with Crippen molar-refractivity contribution in [1.29, 1.82) is 0 Å². The van der Waals surface area contributed by atoms with E-state index in [0.717, 1.165) is 0 Å². The van der Waals surface area contributed by atoms with Crippen molar-refractivity contribution >= 4 is 29.1 Å². The highest BCUT2D eigenvalue weighted by Crippen LogP contribution is 2.22. The lowest BCUT2D eigenvalue weighted by molar-refractivity contribution is 0.0527. The molecule has 0 saturated carbocycles. The van der Waals surface area contributed by atoms with Crippen LogP contribution in [0.25, 0.3) is 0 Å². The smallest absolute Gasteiger partial charge is 0.340 e. The zero-order chi connectivity index (χ0) is 18.4. The molecule has 3 aromatic rings. The minimum Gasteiger partial charge on any atom is -0.462 e. The van der Waals surface area contributed by atoms with E-state index in [2.05, 4.69) is 20.6 Å². The molecule has 0 radical (unpaired) electrons. The number of hydrogen-bond acceptors (Lipinski definition) is 6. The maximum Gasteiger partial charge on any atom is 0.340 e. The first kappa shape index (κ1) is 17.3. The Kier molecular flexibility index (Phi) is 5.38. The molecule has 0 aliphatic rings. The Balaban J connectivity index is 1.82. The number of halogens is 1. The number of nitrogens with one attached hydrogen (secondary N) is 2. The topological polar surface area (TPSA) is 76.1 Å². The van der Waals surface area contributed by atoms with Gasteiger partial charge in [-0.3, -0.25) is 0 Å². The van der Waals surface area contributed by atoms with Crippen LogP contribution in [0.15, 0.2) is 60.8 Å². The van der Waals surface area contributed by atoms with E-state index >= 15 is 0 Å². The Hall–Kier alpha value is -3.48. The molecule has 0 atom stereocenters. The fourth-order valence-electron chi connectivity index (χ4n) is 2.29. The number of carbonyl (C=O) groups is 1. The normalized spacial score (nSPS) is 10.2. The van der Waals surface area contributed by atoms with Gasteiger partial charge in [-0.1, -0.05) is 24.3 Å². The maximum absolute atomic E-state index is 13.8. The fourth-order valence-corrected chi connectivity index (χ4v) is 2.29. The van der Waals surface area contributed by atoms with E-state index in [-0.39, 0.29) is 18.2 Å². The van der Waals surface area contributed by atoms with Gasteiger partial charge >= 0.3 is 5.97 Å². The summed E-state index contributed by atoms with van der Waals surface area (Å²) in [6.45, 7) is 2.04. The average molecular weight is 352 g/mol. The average Bonchev–Trinajstić information content (AvgIpc) is 2.65. The van der Waals surface area contributed by atoms with Crippen LogP contribution in [0.3, 0.4) is 0 Å². The van der Waals surface area contributed by atoms with Gasteiger partial charge in [0.2, 0.25) is 5.95 Å². The third kappa shape index (κ3) is 4.13. The summed E-state index contributed by atoms with van der Waals surface area (Å²) >= 11 is 0. The van der Waals surface area contributed by atoms with Gasteiger partial charge in [0.1, 0.15) is 11.6 Å². The van der Waals surface area contributed by atoms with Crippen molar-refractivity contribution in [3.63, 3.8) is 0 Å². The second-order valence-electron chi connectivity index (χ2n) is 5.26. The van der Waals surface area contributed by atoms with E-state index in [1.807, 2.05) is 0 Å². The zero-order valence-corrected chi connectivity index (χ0v) is 14.1. The molecule has 0 amide bonds. The van der Waals surface area contributed by atoms with Crippen molar-refractivity contribution < 1.29 is 13.9 Å². The van der Waals surface area contributed by atoms with Crippen molar-refractivity contribution in [1.82, 2.24) is 9.97 Å². The first-order valence-corrected chi connectivity index (χ1v) is 8.05. The largest absolute Gasteiger partial charge is 0.462 e. The number of para-hydroxylation sites is 2. The molecule has 132 valence electrons. The summed E-state index contributed by atoms with van der Waals surface area (Å²) in [4.78, 5) is 20.4. The molecule has 26 heavy (non-hydrogen) atoms. The molecule has 0 aliphatic carbocycles. The Morgan fingerprint density at radius 2 is 1.77 bits per heavy atom. The Morgan fingerprint density at radius 1 is 1.04 bits per heavy atom. The summed E-state index contributed by atoms with van der Waals surface area (Å²) in [7, 11) is 0. The molecule has 0 saturated heterocycles. The summed E-state index contributed by atoms with van der Waals surface area (Å²) in [5.74, 6) is -0.138. The van der Waals surface area contributed by atoms with Gasteiger partial charge in [-0.2, -0.15) is 4.98 Å². The van der Waals surface area contributed by atoms with Gasteiger partial charge in [-0.05, 0) is 37.3 Å². The summed E-state index contributed by atoms with van der Waals surface area (Å²) in [6, 6.07) is 14.9. The van der Waals surface area contributed by atoms with Gasteiger partial charge in [0, 0.05) is 6.20 Å². The van der Waals surface area contributed by atoms with Crippen LogP contribution >= 0.6 is 0 Å². The van der Waals surface area contributed by atoms with Crippen LogP contribution in [0.4, 0.5) is 27.5 Å². The van der Waals surface area contributed by atoms with Crippen molar-refractivity contribution in [2.24, 2.45) is 0 Å². The highest BCUT2D eigenvalue weighted by atomic mass is 19.1. The van der Waals surface area contributed by atoms with Crippen molar-refractivity contribution in [3.05, 3.63) is 72.2 Å². The van der Waals surface area contributed by atoms with Gasteiger partial charge < -0.3 is 15.4 Å². The van der Waals surface area contributed by atoms with E-state index in [1.165, 1.54) is 12.3 Å². The van der Waals surface area contributed by atoms with Crippen molar-refractivity contribution in [2.75, 3.05) is 17.2 Å². The highest BCUT2D eigenvalue weighted by molar-refractivity contribution is 5.96. The van der Waals surface area contributed by atoms with E-state index in [4.69, 9.17) is 4.74 Å². The highest BCUT2D eigenvalue weighted by Gasteiger charge is 2.12. The van der Waals surface area contributed by atoms with Crippen LogP contribution in [-0.2, 0) is 4.74 Å². The van der Waals surface area contributed by atoms with Gasteiger partial charge in [-0.15, -0.1) is 0 Å². The van der Waals surface area contributed by atoms with Gasteiger partial charge in [0.25, 0.3) is 0 Å². The number of hydrogen-bond donors (Lipinski definition) is 2. The third-order valence-electron chi connectivity index (χ3n) is 3.46. The van der Waals surface area contributed by atoms with Crippen LogP contribution in [-0.4, -0.2) is 22.5 Å². The molecule has 2 aromatic carbocycles. The zero-order valence-electron chi connectivity index (χ0n) is 14.1. The number of rotatable bonds is 6. The molecule has 3 rings (SSSR count). The van der Waals surface area contributed by atoms with E-state index in [0.29, 0.717) is 17.1 Å². The molecule has 0 aliphatic heterocycles. The molecule has 0 fully saturated rings. The van der Waals surface area contributed by atoms with Crippen LogP contribution in [0, 0.1) is 5.82 Å². The molecule has 1 heterocycles. The number of aromatic nitrogens is 2. The molecular weight excluding hydrogens is 335 g/mol. The molecule has 2 N–H and O–H groups in total. The number of carbonyl (C=O) groups excluding carboxylic acids is 1. The lowest BCUT2D eigenvalue weighted by Gasteiger charge is -2.12. The number of esters is 1. The molecule has 6 nitrogen and oxygen atoms in total. The van der Waals surface area contributed by atoms with Crippen LogP contribution < -0.4 is 10.6 Å². The van der Waals surface area contributed by atoms with Crippen molar-refractivity contribution in [2.45, 2.75) is 6.92 Å². The van der Waals surface area contributed by atoms with Gasteiger partial charge in [-0.25, -0.2) is 14.2 Å². The molecule has 0 bridgehead atoms. The monoisotopic (exact) mass is 352 g/mol. The minimum absolute atomic E-state index is 0.230. The third-order valence-corrected chi connectivity index (χ3v) is 3.46. The van der Waals surface area contributed by atoms with Crippen LogP contribution in [0.5, 0.6) is 0 Å². The molecule has 0 unspecified atom stereocenters. The van der Waals surface area contributed by atoms with Gasteiger partial charge in [0.15, 0.2) is 0 Å². The summed E-state index contributed by atoms with van der Waals surface area (Å²) in [5, 5.41) is 5.89. The second-order valence-corrected chi connectivity index (χ2v) is 5.26. The molecular formula is C19H17FN4O2. The second kappa shape index (κ2) is 8.06. The number of benzene rings is 2. The van der Waals surface area contributed by atoms with E-state index in [9.17, 15) is 9.18 Å². The Morgan fingerprint density at radius 3 is 2.54 bits per heavy atom. The number of ether oxygens (including phenoxy) is 1. The number of nitrogens with zero attached hydrogens (tertiary/aromatic N) is 2. The van der Waals surface area contributed by atoms with Crippen LogP contribution in [0.1, 0.15) is 17.3 Å². The predicted octanol–water partition coefficient (Wildman–Crippen LogP) is 4.28. The first-order chi connectivity index (χ1) is 12.7. The Bertz CT molecular complexity index is 917. The summed E-state index contributed by atoms with van der Waals surface area (Å²) in [5.41, 5.74) is 1.23. The van der Waals surface area contributed by atoms with Gasteiger partial charge in [0.05, 0.1) is 23.5 Å². The van der Waals surface area contributed by atoms with Crippen molar-refractivity contribution in [3.8, 4) is 0 Å². The molecule has 0 spiro atoms. The number of anilines is 4. The van der Waals surface area contributed by atoms with Crippen LogP contribution in [0.2, 0.25) is 0 Å². The first-order valence-electron chi connectivity index (χ1n) is 8.05. The molecule has 1 aromatic heterocycles. The Labute approximate surface area is 150 Å². The SMILES string of the molecule is CCOC(=O)c1ccccc1Nc1ccnc(Nc2ccccc2F)n1. The summed E-state index contributed by atoms with van der Waals surface area (Å²) < 4.78 is 18.8. The predicted molar refractivity (Wildman–Crippen MR) is 97.4 cm³/mol. The lowest BCUT2D eigenvalue weighted by Crippen LogP contribution is -2.08. The lowest BCUT2D eigenvalue weighted by atomic mass is 10.2. The quantitative estimate of drug-likeness (QED) is 0.645.